The van der Waals surface area contributed by atoms with Crippen LogP contribution in [0.15, 0.2) is 16.5 Å². The molecule has 0 bridgehead atoms. The average molecular weight is 271 g/mol. The maximum atomic E-state index is 12.0. The predicted octanol–water partition coefficient (Wildman–Crippen LogP) is 3.67. The van der Waals surface area contributed by atoms with Gasteiger partial charge in [0.15, 0.2) is 11.6 Å². The molecule has 0 aromatic carbocycles. The van der Waals surface area contributed by atoms with Crippen molar-refractivity contribution in [2.45, 2.75) is 34.6 Å². The lowest BCUT2D eigenvalue weighted by molar-refractivity contribution is 0.101. The molecular weight excluding hydrogens is 254 g/mol. The first kappa shape index (κ1) is 14.2. The van der Waals surface area contributed by atoms with Crippen LogP contribution in [-0.2, 0) is 0 Å². The van der Waals surface area contributed by atoms with Crippen molar-refractivity contribution in [3.63, 3.8) is 0 Å². The standard InChI is InChI=1S/C16H17NO3/c1-8-6-7-13(20-8)16-14(11(4)18)9(2)17-10(3)15(16)12(5)19/h6-7H,1-5H3. The van der Waals surface area contributed by atoms with Gasteiger partial charge in [-0.2, -0.15) is 0 Å². The smallest absolute Gasteiger partial charge is 0.162 e. The van der Waals surface area contributed by atoms with E-state index < -0.39 is 0 Å². The summed E-state index contributed by atoms with van der Waals surface area (Å²) < 4.78 is 5.63. The summed E-state index contributed by atoms with van der Waals surface area (Å²) in [6.07, 6.45) is 0. The van der Waals surface area contributed by atoms with Crippen molar-refractivity contribution in [3.8, 4) is 11.3 Å². The lowest BCUT2D eigenvalue weighted by Crippen LogP contribution is -2.11. The van der Waals surface area contributed by atoms with Crippen molar-refractivity contribution in [2.24, 2.45) is 0 Å². The summed E-state index contributed by atoms with van der Waals surface area (Å²) in [5, 5.41) is 0. The maximum Gasteiger partial charge on any atom is 0.162 e. The van der Waals surface area contributed by atoms with Gasteiger partial charge in [-0.15, -0.1) is 0 Å². The first-order valence-corrected chi connectivity index (χ1v) is 6.42. The second kappa shape index (κ2) is 5.04. The third kappa shape index (κ3) is 2.29. The summed E-state index contributed by atoms with van der Waals surface area (Å²) in [4.78, 5) is 28.2. The molecule has 0 aliphatic carbocycles. The molecule has 2 aromatic rings. The fourth-order valence-corrected chi connectivity index (χ4v) is 2.53. The monoisotopic (exact) mass is 271 g/mol. The molecule has 4 heteroatoms. The van der Waals surface area contributed by atoms with Gasteiger partial charge < -0.3 is 4.42 Å². The summed E-state index contributed by atoms with van der Waals surface area (Å²) >= 11 is 0. The number of nitrogens with zero attached hydrogens (tertiary/aromatic N) is 1. The van der Waals surface area contributed by atoms with Crippen LogP contribution in [-0.4, -0.2) is 16.6 Å². The van der Waals surface area contributed by atoms with E-state index in [9.17, 15) is 9.59 Å². The third-order valence-electron chi connectivity index (χ3n) is 3.25. The summed E-state index contributed by atoms with van der Waals surface area (Å²) in [7, 11) is 0. The second-order valence-electron chi connectivity index (χ2n) is 4.93. The van der Waals surface area contributed by atoms with Crippen LogP contribution in [0.25, 0.3) is 11.3 Å². The largest absolute Gasteiger partial charge is 0.461 e. The Kier molecular flexibility index (Phi) is 3.57. The lowest BCUT2D eigenvalue weighted by Gasteiger charge is -2.14. The van der Waals surface area contributed by atoms with Crippen LogP contribution in [0.1, 0.15) is 51.7 Å². The van der Waals surface area contributed by atoms with Crippen LogP contribution in [0.5, 0.6) is 0 Å². The molecule has 0 radical (unpaired) electrons. The van der Waals surface area contributed by atoms with Crippen molar-refractivity contribution < 1.29 is 14.0 Å². The number of hydrogen-bond donors (Lipinski definition) is 0. The number of hydrogen-bond acceptors (Lipinski definition) is 4. The van der Waals surface area contributed by atoms with Gasteiger partial charge >= 0.3 is 0 Å². The molecule has 0 aliphatic rings. The molecule has 0 saturated carbocycles. The Morgan fingerprint density at radius 1 is 0.950 bits per heavy atom. The number of rotatable bonds is 3. The van der Waals surface area contributed by atoms with Crippen molar-refractivity contribution in [1.82, 2.24) is 4.98 Å². The molecule has 20 heavy (non-hydrogen) atoms. The molecule has 0 amide bonds. The Bertz CT molecular complexity index is 673. The summed E-state index contributed by atoms with van der Waals surface area (Å²) in [5.74, 6) is 1.02. The molecule has 0 N–H and O–H groups in total. The summed E-state index contributed by atoms with van der Waals surface area (Å²) in [6.45, 7) is 8.32. The van der Waals surface area contributed by atoms with E-state index in [4.69, 9.17) is 4.42 Å². The van der Waals surface area contributed by atoms with Crippen LogP contribution in [0.3, 0.4) is 0 Å². The molecule has 0 spiro atoms. The number of pyridine rings is 1. The highest BCUT2D eigenvalue weighted by Gasteiger charge is 2.24. The van der Waals surface area contributed by atoms with Crippen LogP contribution in [0, 0.1) is 20.8 Å². The number of ketones is 2. The number of aryl methyl sites for hydroxylation is 3. The predicted molar refractivity (Wildman–Crippen MR) is 76.2 cm³/mol. The molecule has 2 aromatic heterocycles. The van der Waals surface area contributed by atoms with Gasteiger partial charge in [0.05, 0.1) is 11.1 Å². The minimum absolute atomic E-state index is 0.124. The number of Topliss-reactive ketones (excluding diaryl/α,β-unsaturated/α-hetero) is 2. The van der Waals surface area contributed by atoms with E-state index in [0.29, 0.717) is 33.8 Å². The van der Waals surface area contributed by atoms with Crippen molar-refractivity contribution in [3.05, 3.63) is 40.4 Å². The molecule has 2 heterocycles. The van der Waals surface area contributed by atoms with E-state index in [2.05, 4.69) is 4.98 Å². The van der Waals surface area contributed by atoms with Gasteiger partial charge in [-0.25, -0.2) is 0 Å². The Hall–Kier alpha value is -2.23. The summed E-state index contributed by atoms with van der Waals surface area (Å²) in [5.41, 5.74) is 2.70. The van der Waals surface area contributed by atoms with Gasteiger partial charge in [0.1, 0.15) is 11.5 Å². The fraction of sp³-hybridized carbons (Fsp3) is 0.312. The first-order chi connectivity index (χ1) is 9.32. The second-order valence-corrected chi connectivity index (χ2v) is 4.93. The highest BCUT2D eigenvalue weighted by atomic mass is 16.3. The van der Waals surface area contributed by atoms with Gasteiger partial charge in [-0.05, 0) is 46.8 Å². The molecule has 0 fully saturated rings. The Morgan fingerprint density at radius 3 is 1.80 bits per heavy atom. The number of carbonyl (C=O) groups excluding carboxylic acids is 2. The molecule has 0 unspecified atom stereocenters. The van der Waals surface area contributed by atoms with E-state index >= 15 is 0 Å². The van der Waals surface area contributed by atoms with Gasteiger partial charge in [0.25, 0.3) is 0 Å². The number of aromatic nitrogens is 1. The van der Waals surface area contributed by atoms with Gasteiger partial charge in [0, 0.05) is 17.0 Å². The van der Waals surface area contributed by atoms with Crippen molar-refractivity contribution in [2.75, 3.05) is 0 Å². The van der Waals surface area contributed by atoms with Crippen LogP contribution < -0.4 is 0 Å². The number of carbonyl (C=O) groups is 2. The highest BCUT2D eigenvalue weighted by molar-refractivity contribution is 6.09. The van der Waals surface area contributed by atoms with Crippen LogP contribution in [0.2, 0.25) is 0 Å². The minimum Gasteiger partial charge on any atom is -0.461 e. The van der Waals surface area contributed by atoms with E-state index in [1.807, 2.05) is 13.0 Å². The normalized spacial score (nSPS) is 10.7. The van der Waals surface area contributed by atoms with E-state index in [1.165, 1.54) is 13.8 Å². The average Bonchev–Trinajstić information content (AvgIpc) is 2.73. The molecule has 0 aliphatic heterocycles. The Labute approximate surface area is 117 Å². The van der Waals surface area contributed by atoms with E-state index in [0.717, 1.165) is 5.76 Å². The summed E-state index contributed by atoms with van der Waals surface area (Å²) in [6, 6.07) is 3.59. The topological polar surface area (TPSA) is 60.2 Å². The van der Waals surface area contributed by atoms with Crippen molar-refractivity contribution in [1.29, 1.82) is 0 Å². The minimum atomic E-state index is -0.124. The van der Waals surface area contributed by atoms with Crippen LogP contribution >= 0.6 is 0 Å². The molecule has 2 rings (SSSR count). The van der Waals surface area contributed by atoms with Crippen molar-refractivity contribution >= 4 is 11.6 Å². The Balaban J connectivity index is 2.93. The fourth-order valence-electron chi connectivity index (χ4n) is 2.53. The molecule has 4 nitrogen and oxygen atoms in total. The van der Waals surface area contributed by atoms with Gasteiger partial charge in [-0.1, -0.05) is 0 Å². The number of furan rings is 1. The maximum absolute atomic E-state index is 12.0. The zero-order chi connectivity index (χ0) is 15.0. The Morgan fingerprint density at radius 2 is 1.45 bits per heavy atom. The van der Waals surface area contributed by atoms with E-state index in [1.54, 1.807) is 19.9 Å². The van der Waals surface area contributed by atoms with Crippen LogP contribution in [0.4, 0.5) is 0 Å². The first-order valence-electron chi connectivity index (χ1n) is 6.42. The highest BCUT2D eigenvalue weighted by Crippen LogP contribution is 2.33. The zero-order valence-electron chi connectivity index (χ0n) is 12.3. The zero-order valence-corrected chi connectivity index (χ0v) is 12.3. The lowest BCUT2D eigenvalue weighted by atomic mass is 9.93. The molecule has 0 atom stereocenters. The van der Waals surface area contributed by atoms with E-state index in [-0.39, 0.29) is 11.6 Å². The van der Waals surface area contributed by atoms with Gasteiger partial charge in [0.2, 0.25) is 0 Å². The SMILES string of the molecule is CC(=O)c1c(C)nc(C)c(C(C)=O)c1-c1ccc(C)o1. The molecular formula is C16H17NO3. The van der Waals surface area contributed by atoms with Gasteiger partial charge in [-0.3, -0.25) is 14.6 Å². The molecule has 104 valence electrons. The quantitative estimate of drug-likeness (QED) is 0.799. The molecule has 0 saturated heterocycles. The third-order valence-corrected chi connectivity index (χ3v) is 3.25.